The third-order valence-corrected chi connectivity index (χ3v) is 5.46. The Morgan fingerprint density at radius 1 is 1.08 bits per heavy atom. The maximum absolute atomic E-state index is 5.01. The van der Waals surface area contributed by atoms with Gasteiger partial charge in [-0.1, -0.05) is 51.6 Å². The van der Waals surface area contributed by atoms with Crippen LogP contribution in [0.5, 0.6) is 0 Å². The summed E-state index contributed by atoms with van der Waals surface area (Å²) in [5.41, 5.74) is 8.42. The Morgan fingerprint density at radius 3 is 2.71 bits per heavy atom. The molecule has 4 rings (SSSR count). The van der Waals surface area contributed by atoms with Gasteiger partial charge in [-0.05, 0) is 65.1 Å². The summed E-state index contributed by atoms with van der Waals surface area (Å²) >= 11 is 0. The molecule has 0 saturated heterocycles. The molecule has 0 fully saturated rings. The van der Waals surface area contributed by atoms with E-state index < -0.39 is 0 Å². The Hall–Kier alpha value is -2.15. The third kappa shape index (κ3) is 2.53. The van der Waals surface area contributed by atoms with Gasteiger partial charge in [0.1, 0.15) is 0 Å². The van der Waals surface area contributed by atoms with Crippen molar-refractivity contribution in [3.63, 3.8) is 0 Å². The average Bonchev–Trinajstić information content (AvgIpc) is 2.88. The van der Waals surface area contributed by atoms with Gasteiger partial charge in [-0.15, -0.1) is 0 Å². The lowest BCUT2D eigenvalue weighted by Gasteiger charge is -2.29. The zero-order chi connectivity index (χ0) is 16.9. The minimum atomic E-state index is 0.310. The van der Waals surface area contributed by atoms with Crippen molar-refractivity contribution in [1.29, 1.82) is 0 Å². The topological polar surface area (TPSA) is 12.4 Å². The zero-order valence-corrected chi connectivity index (χ0v) is 14.9. The van der Waals surface area contributed by atoms with E-state index in [0.717, 1.165) is 29.8 Å². The van der Waals surface area contributed by atoms with E-state index in [-0.39, 0.29) is 0 Å². The predicted octanol–water partition coefficient (Wildman–Crippen LogP) is 4.52. The second-order valence-electron chi connectivity index (χ2n) is 7.98. The van der Waals surface area contributed by atoms with Gasteiger partial charge >= 0.3 is 0 Å². The van der Waals surface area contributed by atoms with Crippen LogP contribution in [0, 0.1) is 5.41 Å². The molecule has 24 heavy (non-hydrogen) atoms. The molecule has 0 radical (unpaired) electrons. The Morgan fingerprint density at radius 2 is 1.92 bits per heavy atom. The minimum Gasteiger partial charge on any atom is -0.247 e. The molecule has 0 unspecified atom stereocenters. The molecule has 0 saturated carbocycles. The second-order valence-corrected chi connectivity index (χ2v) is 7.98. The van der Waals surface area contributed by atoms with Crippen molar-refractivity contribution in [2.24, 2.45) is 10.4 Å². The number of allylic oxidation sites excluding steroid dienone is 1. The molecule has 0 atom stereocenters. The average molecular weight is 315 g/mol. The lowest BCUT2D eigenvalue weighted by atomic mass is 9.76. The first-order valence-electron chi connectivity index (χ1n) is 9.00. The molecule has 0 N–H and O–H groups in total. The Balaban J connectivity index is 1.97. The van der Waals surface area contributed by atoms with Gasteiger partial charge in [0.05, 0.1) is 11.1 Å². The summed E-state index contributed by atoms with van der Waals surface area (Å²) in [6.07, 6.45) is 4.50. The fourth-order valence-corrected chi connectivity index (χ4v) is 4.03. The highest BCUT2D eigenvalue weighted by Gasteiger charge is 2.28. The number of fused-ring (bicyclic) bond motifs is 4. The lowest BCUT2D eigenvalue weighted by Crippen LogP contribution is -2.18. The molecule has 0 spiro atoms. The maximum Gasteiger partial charge on any atom is 0.0751 e. The number of aryl methyl sites for hydroxylation is 1. The summed E-state index contributed by atoms with van der Waals surface area (Å²) < 4.78 is 0. The van der Waals surface area contributed by atoms with Crippen LogP contribution in [-0.4, -0.2) is 0 Å². The van der Waals surface area contributed by atoms with Crippen LogP contribution in [0.2, 0.25) is 0 Å². The number of hydrogen-bond donors (Lipinski definition) is 0. The molecule has 1 aliphatic carbocycles. The summed E-state index contributed by atoms with van der Waals surface area (Å²) in [7, 11) is 0. The van der Waals surface area contributed by atoms with Gasteiger partial charge in [-0.25, -0.2) is 4.99 Å². The quantitative estimate of drug-likeness (QED) is 0.733. The molecule has 0 aromatic heterocycles. The van der Waals surface area contributed by atoms with Crippen molar-refractivity contribution < 1.29 is 0 Å². The summed E-state index contributed by atoms with van der Waals surface area (Å²) in [5.74, 6) is 0. The normalized spacial score (nSPS) is 18.1. The highest BCUT2D eigenvalue weighted by Crippen LogP contribution is 2.42. The first-order valence-corrected chi connectivity index (χ1v) is 9.00. The fraction of sp³-hybridized carbons (Fsp3) is 0.348. The van der Waals surface area contributed by atoms with Gasteiger partial charge in [-0.2, -0.15) is 0 Å². The van der Waals surface area contributed by atoms with E-state index in [4.69, 9.17) is 4.99 Å². The van der Waals surface area contributed by atoms with Crippen LogP contribution >= 0.6 is 0 Å². The van der Waals surface area contributed by atoms with Crippen LogP contribution in [0.4, 0.5) is 0 Å². The number of nitrogens with zero attached hydrogens (tertiary/aromatic N) is 1. The Bertz CT molecular complexity index is 960. The molecule has 2 aromatic carbocycles. The van der Waals surface area contributed by atoms with E-state index in [1.807, 2.05) is 0 Å². The van der Waals surface area contributed by atoms with Crippen molar-refractivity contribution in [2.45, 2.75) is 46.5 Å². The van der Waals surface area contributed by atoms with Crippen LogP contribution in [0.25, 0.3) is 17.8 Å². The highest BCUT2D eigenvalue weighted by molar-refractivity contribution is 5.94. The van der Waals surface area contributed by atoms with E-state index in [1.54, 1.807) is 0 Å². The summed E-state index contributed by atoms with van der Waals surface area (Å²) in [6.45, 7) is 11.1. The van der Waals surface area contributed by atoms with Crippen molar-refractivity contribution in [3.8, 4) is 0 Å². The second kappa shape index (κ2) is 5.44. The lowest BCUT2D eigenvalue weighted by molar-refractivity contribution is 0.336. The van der Waals surface area contributed by atoms with Crippen molar-refractivity contribution in [3.05, 3.63) is 69.2 Å². The summed E-state index contributed by atoms with van der Waals surface area (Å²) in [4.78, 5) is 5.01. The van der Waals surface area contributed by atoms with Gasteiger partial charge in [0.2, 0.25) is 0 Å². The SMILES string of the molecule is C=c1ccc2c(c1)C1=C(N=2)c2ccc(CC)cc2CC(C)(C)CC1. The molecule has 1 aliphatic heterocycles. The standard InChI is InChI=1S/C23H25N/c1-5-16-7-8-18-17(13-16)14-23(3,4)11-10-19-20-12-15(2)6-9-21(20)24-22(18)19/h6-9,12-13H,2,5,10-11,14H2,1,3-4H3. The molecule has 1 heteroatoms. The first kappa shape index (κ1) is 15.4. The Kier molecular flexibility index (Phi) is 3.49. The molecular weight excluding hydrogens is 290 g/mol. The van der Waals surface area contributed by atoms with Gasteiger partial charge < -0.3 is 0 Å². The third-order valence-electron chi connectivity index (χ3n) is 5.46. The first-order chi connectivity index (χ1) is 11.5. The largest absolute Gasteiger partial charge is 0.247 e. The van der Waals surface area contributed by atoms with Crippen molar-refractivity contribution >= 4 is 17.8 Å². The highest BCUT2D eigenvalue weighted by atomic mass is 14.8. The monoisotopic (exact) mass is 315 g/mol. The molecule has 2 aromatic rings. The van der Waals surface area contributed by atoms with Gasteiger partial charge in [0.15, 0.2) is 0 Å². The zero-order valence-electron chi connectivity index (χ0n) is 14.9. The number of rotatable bonds is 1. The van der Waals surface area contributed by atoms with Crippen LogP contribution in [0.3, 0.4) is 0 Å². The van der Waals surface area contributed by atoms with Crippen LogP contribution in [0.15, 0.2) is 41.4 Å². The van der Waals surface area contributed by atoms with E-state index in [0.29, 0.717) is 5.41 Å². The van der Waals surface area contributed by atoms with Crippen LogP contribution < -0.4 is 10.6 Å². The molecule has 2 aliphatic rings. The van der Waals surface area contributed by atoms with Crippen LogP contribution in [-0.2, 0) is 12.8 Å². The fourth-order valence-electron chi connectivity index (χ4n) is 4.03. The summed E-state index contributed by atoms with van der Waals surface area (Å²) in [6, 6.07) is 13.4. The smallest absolute Gasteiger partial charge is 0.0751 e. The molecule has 122 valence electrons. The van der Waals surface area contributed by atoms with Crippen molar-refractivity contribution in [1.82, 2.24) is 0 Å². The number of benzene rings is 2. The minimum absolute atomic E-state index is 0.310. The van der Waals surface area contributed by atoms with Crippen LogP contribution in [0.1, 0.15) is 55.9 Å². The van der Waals surface area contributed by atoms with E-state index >= 15 is 0 Å². The molecule has 0 bridgehead atoms. The maximum atomic E-state index is 5.01. The van der Waals surface area contributed by atoms with Crippen molar-refractivity contribution in [2.75, 3.05) is 0 Å². The van der Waals surface area contributed by atoms with Gasteiger partial charge in [-0.3, -0.25) is 0 Å². The van der Waals surface area contributed by atoms with E-state index in [1.165, 1.54) is 39.9 Å². The van der Waals surface area contributed by atoms with Gasteiger partial charge in [0.25, 0.3) is 0 Å². The van der Waals surface area contributed by atoms with E-state index in [9.17, 15) is 0 Å². The Labute approximate surface area is 144 Å². The predicted molar refractivity (Wildman–Crippen MR) is 102 cm³/mol. The van der Waals surface area contributed by atoms with Gasteiger partial charge in [0, 0.05) is 11.1 Å². The number of hydrogen-bond acceptors (Lipinski definition) is 1. The summed E-state index contributed by atoms with van der Waals surface area (Å²) in [5, 5.41) is 2.18. The molecule has 0 amide bonds. The molecule has 1 heterocycles. The molecular formula is C23H25N. The molecule has 1 nitrogen and oxygen atoms in total. The van der Waals surface area contributed by atoms with E-state index in [2.05, 4.69) is 63.7 Å².